The fourth-order valence-corrected chi connectivity index (χ4v) is 2.09. The van der Waals surface area contributed by atoms with E-state index in [1.807, 2.05) is 57.2 Å². The number of methoxy groups -OCH3 is 1. The molecule has 0 saturated heterocycles. The molecular weight excluding hydrogens is 236 g/mol. The number of carbonyl (C=O) groups is 1. The minimum atomic E-state index is -0.0000463. The van der Waals surface area contributed by atoms with Crippen LogP contribution in [-0.4, -0.2) is 12.9 Å². The van der Waals surface area contributed by atoms with Gasteiger partial charge in [-0.3, -0.25) is 4.79 Å². The number of hydrogen-bond acceptors (Lipinski definition) is 2. The molecule has 2 nitrogen and oxygen atoms in total. The van der Waals surface area contributed by atoms with Crippen molar-refractivity contribution in [2.45, 2.75) is 20.8 Å². The maximum absolute atomic E-state index is 12.5. The molecule has 2 rings (SSSR count). The van der Waals surface area contributed by atoms with Gasteiger partial charge in [0.2, 0.25) is 0 Å². The first-order valence-corrected chi connectivity index (χ1v) is 6.30. The summed E-state index contributed by atoms with van der Waals surface area (Å²) in [6.07, 6.45) is 0. The lowest BCUT2D eigenvalue weighted by molar-refractivity contribution is 0.103. The van der Waals surface area contributed by atoms with E-state index in [1.165, 1.54) is 0 Å². The van der Waals surface area contributed by atoms with Crippen molar-refractivity contribution in [3.8, 4) is 5.75 Å². The van der Waals surface area contributed by atoms with Gasteiger partial charge >= 0.3 is 0 Å². The Morgan fingerprint density at radius 3 is 2.16 bits per heavy atom. The molecule has 0 amide bonds. The molecule has 0 spiro atoms. The van der Waals surface area contributed by atoms with Gasteiger partial charge in [-0.1, -0.05) is 35.9 Å². The van der Waals surface area contributed by atoms with Crippen molar-refractivity contribution >= 4 is 5.78 Å². The molecule has 0 atom stereocenters. The van der Waals surface area contributed by atoms with Gasteiger partial charge in [-0.2, -0.15) is 0 Å². The van der Waals surface area contributed by atoms with Crippen molar-refractivity contribution in [2.75, 3.05) is 7.11 Å². The molecule has 0 radical (unpaired) electrons. The molecule has 19 heavy (non-hydrogen) atoms. The van der Waals surface area contributed by atoms with Crippen LogP contribution in [0.1, 0.15) is 32.6 Å². The zero-order valence-corrected chi connectivity index (χ0v) is 11.8. The molecule has 0 bridgehead atoms. The van der Waals surface area contributed by atoms with Gasteiger partial charge < -0.3 is 4.74 Å². The standard InChI is InChI=1S/C17H18O2/c1-11-5-8-14(9-6-11)16(18)15-10-7-12(2)13(3)17(15)19-4/h5-10H,1-4H3. The van der Waals surface area contributed by atoms with E-state index < -0.39 is 0 Å². The van der Waals surface area contributed by atoms with E-state index in [4.69, 9.17) is 4.74 Å². The molecule has 2 aromatic carbocycles. The number of carbonyl (C=O) groups excluding carboxylic acids is 1. The minimum absolute atomic E-state index is 0.0000463. The highest BCUT2D eigenvalue weighted by Gasteiger charge is 2.16. The third-order valence-electron chi connectivity index (χ3n) is 3.44. The van der Waals surface area contributed by atoms with Crippen LogP contribution in [0.2, 0.25) is 0 Å². The number of ketones is 1. The number of ether oxygens (including phenoxy) is 1. The molecule has 2 aromatic rings. The Labute approximate surface area is 114 Å². The van der Waals surface area contributed by atoms with Crippen molar-refractivity contribution in [3.05, 3.63) is 64.2 Å². The van der Waals surface area contributed by atoms with Crippen molar-refractivity contribution in [3.63, 3.8) is 0 Å². The van der Waals surface area contributed by atoms with E-state index in [0.29, 0.717) is 16.9 Å². The van der Waals surface area contributed by atoms with E-state index in [2.05, 4.69) is 0 Å². The van der Waals surface area contributed by atoms with E-state index in [1.54, 1.807) is 7.11 Å². The van der Waals surface area contributed by atoms with Crippen molar-refractivity contribution in [2.24, 2.45) is 0 Å². The largest absolute Gasteiger partial charge is 0.496 e. The fourth-order valence-electron chi connectivity index (χ4n) is 2.09. The van der Waals surface area contributed by atoms with E-state index in [9.17, 15) is 4.79 Å². The Morgan fingerprint density at radius 2 is 1.58 bits per heavy atom. The summed E-state index contributed by atoms with van der Waals surface area (Å²) in [6.45, 7) is 5.99. The summed E-state index contributed by atoms with van der Waals surface area (Å²) in [7, 11) is 1.60. The zero-order valence-electron chi connectivity index (χ0n) is 11.8. The predicted molar refractivity (Wildman–Crippen MR) is 77.1 cm³/mol. The van der Waals surface area contributed by atoms with Crippen LogP contribution in [0.15, 0.2) is 36.4 Å². The molecule has 0 fully saturated rings. The fraction of sp³-hybridized carbons (Fsp3) is 0.235. The second-order valence-corrected chi connectivity index (χ2v) is 4.78. The Bertz CT molecular complexity index is 610. The Hall–Kier alpha value is -2.09. The third kappa shape index (κ3) is 2.53. The van der Waals surface area contributed by atoms with Crippen LogP contribution in [0.5, 0.6) is 5.75 Å². The van der Waals surface area contributed by atoms with Crippen LogP contribution >= 0.6 is 0 Å². The number of aryl methyl sites for hydroxylation is 2. The molecule has 2 heteroatoms. The maximum Gasteiger partial charge on any atom is 0.196 e. The molecular formula is C17H18O2. The average Bonchev–Trinajstić information content (AvgIpc) is 2.41. The number of hydrogen-bond donors (Lipinski definition) is 0. The second-order valence-electron chi connectivity index (χ2n) is 4.78. The van der Waals surface area contributed by atoms with Crippen LogP contribution in [0.3, 0.4) is 0 Å². The van der Waals surface area contributed by atoms with Crippen molar-refractivity contribution in [1.82, 2.24) is 0 Å². The molecule has 0 heterocycles. The summed E-state index contributed by atoms with van der Waals surface area (Å²) in [5.74, 6) is 0.672. The monoisotopic (exact) mass is 254 g/mol. The topological polar surface area (TPSA) is 26.3 Å². The quantitative estimate of drug-likeness (QED) is 0.778. The van der Waals surface area contributed by atoms with Gasteiger partial charge in [0.15, 0.2) is 5.78 Å². The second kappa shape index (κ2) is 5.27. The molecule has 0 saturated carbocycles. The maximum atomic E-state index is 12.5. The van der Waals surface area contributed by atoms with Crippen molar-refractivity contribution in [1.29, 1.82) is 0 Å². The molecule has 0 unspecified atom stereocenters. The van der Waals surface area contributed by atoms with Crippen LogP contribution in [-0.2, 0) is 0 Å². The molecule has 98 valence electrons. The lowest BCUT2D eigenvalue weighted by Crippen LogP contribution is -2.06. The Kier molecular flexibility index (Phi) is 3.70. The molecule has 0 N–H and O–H groups in total. The Morgan fingerprint density at radius 1 is 0.947 bits per heavy atom. The first kappa shape index (κ1) is 13.3. The molecule has 0 aromatic heterocycles. The summed E-state index contributed by atoms with van der Waals surface area (Å²) >= 11 is 0. The lowest BCUT2D eigenvalue weighted by Gasteiger charge is -2.12. The van der Waals surface area contributed by atoms with Crippen LogP contribution < -0.4 is 4.74 Å². The first-order chi connectivity index (χ1) is 9.04. The summed E-state index contributed by atoms with van der Waals surface area (Å²) < 4.78 is 5.40. The van der Waals surface area contributed by atoms with Gasteiger partial charge in [-0.25, -0.2) is 0 Å². The summed E-state index contributed by atoms with van der Waals surface area (Å²) in [5.41, 5.74) is 4.59. The molecule has 0 aliphatic rings. The molecule has 0 aliphatic heterocycles. The first-order valence-electron chi connectivity index (χ1n) is 6.30. The highest BCUT2D eigenvalue weighted by molar-refractivity contribution is 6.11. The van der Waals surface area contributed by atoms with Crippen LogP contribution in [0.4, 0.5) is 0 Å². The van der Waals surface area contributed by atoms with Gasteiger partial charge in [0.1, 0.15) is 5.75 Å². The number of benzene rings is 2. The van der Waals surface area contributed by atoms with E-state index in [0.717, 1.165) is 16.7 Å². The van der Waals surface area contributed by atoms with Gasteiger partial charge in [0.25, 0.3) is 0 Å². The summed E-state index contributed by atoms with van der Waals surface area (Å²) in [4.78, 5) is 12.5. The highest BCUT2D eigenvalue weighted by Crippen LogP contribution is 2.28. The number of rotatable bonds is 3. The normalized spacial score (nSPS) is 10.3. The lowest BCUT2D eigenvalue weighted by atomic mass is 9.97. The summed E-state index contributed by atoms with van der Waals surface area (Å²) in [5, 5.41) is 0. The van der Waals surface area contributed by atoms with E-state index >= 15 is 0 Å². The Balaban J connectivity index is 2.50. The summed E-state index contributed by atoms with van der Waals surface area (Å²) in [6, 6.07) is 11.4. The van der Waals surface area contributed by atoms with Gasteiger partial charge in [-0.05, 0) is 38.0 Å². The van der Waals surface area contributed by atoms with Crippen LogP contribution in [0, 0.1) is 20.8 Å². The molecule has 0 aliphatic carbocycles. The zero-order chi connectivity index (χ0) is 14.0. The van der Waals surface area contributed by atoms with Gasteiger partial charge in [-0.15, -0.1) is 0 Å². The SMILES string of the molecule is COc1c(C(=O)c2ccc(C)cc2)ccc(C)c1C. The van der Waals surface area contributed by atoms with Gasteiger partial charge in [0.05, 0.1) is 12.7 Å². The highest BCUT2D eigenvalue weighted by atomic mass is 16.5. The third-order valence-corrected chi connectivity index (χ3v) is 3.44. The van der Waals surface area contributed by atoms with E-state index in [-0.39, 0.29) is 5.78 Å². The smallest absolute Gasteiger partial charge is 0.196 e. The average molecular weight is 254 g/mol. The van der Waals surface area contributed by atoms with Crippen molar-refractivity contribution < 1.29 is 9.53 Å². The van der Waals surface area contributed by atoms with Gasteiger partial charge in [0, 0.05) is 5.56 Å². The minimum Gasteiger partial charge on any atom is -0.496 e. The predicted octanol–water partition coefficient (Wildman–Crippen LogP) is 3.85. The van der Waals surface area contributed by atoms with Crippen LogP contribution in [0.25, 0.3) is 0 Å².